The smallest absolute Gasteiger partial charge is 0.264 e. The van der Waals surface area contributed by atoms with Crippen LogP contribution in [0.5, 0.6) is 0 Å². The minimum absolute atomic E-state index is 0.149. The maximum atomic E-state index is 12.9. The second kappa shape index (κ2) is 5.77. The van der Waals surface area contributed by atoms with Crippen LogP contribution in [0.25, 0.3) is 0 Å². The summed E-state index contributed by atoms with van der Waals surface area (Å²) in [4.78, 5) is 15.8. The normalized spacial score (nSPS) is 29.2. The van der Waals surface area contributed by atoms with Crippen molar-refractivity contribution in [2.24, 2.45) is 5.41 Å². The second-order valence-electron chi connectivity index (χ2n) is 6.82. The first kappa shape index (κ1) is 14.9. The van der Waals surface area contributed by atoms with Crippen molar-refractivity contribution in [3.8, 4) is 0 Å². The summed E-state index contributed by atoms with van der Waals surface area (Å²) in [7, 11) is 0. The molecule has 3 heterocycles. The summed E-state index contributed by atoms with van der Waals surface area (Å²) in [5, 5.41) is 12.1. The van der Waals surface area contributed by atoms with Crippen LogP contribution in [0, 0.1) is 5.41 Å². The molecule has 1 amide bonds. The fourth-order valence-corrected chi connectivity index (χ4v) is 5.21. The van der Waals surface area contributed by atoms with Gasteiger partial charge in [0, 0.05) is 17.5 Å². The van der Waals surface area contributed by atoms with E-state index in [0.717, 1.165) is 30.6 Å². The highest BCUT2D eigenvalue weighted by atomic mass is 32.1. The molecule has 3 nitrogen and oxygen atoms in total. The topological polar surface area (TPSA) is 40.5 Å². The third kappa shape index (κ3) is 2.41. The standard InChI is InChI=1S/C19H21NO2S/c21-13-19(11-14-5-2-1-3-6-14)12-15-8-9-17(19)20(15)18(22)16-7-4-10-23-16/h1-7,10,15,17,21H,8-9,11-13H2/t15-,17+,19-/m0/s1. The van der Waals surface area contributed by atoms with Crippen LogP contribution in [0.15, 0.2) is 47.8 Å². The van der Waals surface area contributed by atoms with E-state index in [0.29, 0.717) is 0 Å². The van der Waals surface area contributed by atoms with Crippen LogP contribution < -0.4 is 0 Å². The van der Waals surface area contributed by atoms with Gasteiger partial charge in [-0.25, -0.2) is 0 Å². The third-order valence-electron chi connectivity index (χ3n) is 5.53. The highest BCUT2D eigenvalue weighted by Crippen LogP contribution is 2.51. The molecule has 120 valence electrons. The van der Waals surface area contributed by atoms with Gasteiger partial charge in [0.2, 0.25) is 0 Å². The van der Waals surface area contributed by atoms with E-state index in [1.165, 1.54) is 16.9 Å². The SMILES string of the molecule is O=C(c1cccs1)N1[C@H]2CC[C@@H]1[C@@](CO)(Cc1ccccc1)C2. The van der Waals surface area contributed by atoms with Crippen molar-refractivity contribution in [3.63, 3.8) is 0 Å². The summed E-state index contributed by atoms with van der Waals surface area (Å²) in [6.45, 7) is 0.150. The summed E-state index contributed by atoms with van der Waals surface area (Å²) in [6.07, 6.45) is 3.84. The number of amides is 1. The van der Waals surface area contributed by atoms with Crippen LogP contribution in [0.4, 0.5) is 0 Å². The number of rotatable bonds is 4. The number of hydrogen-bond donors (Lipinski definition) is 1. The van der Waals surface area contributed by atoms with E-state index in [9.17, 15) is 9.90 Å². The van der Waals surface area contributed by atoms with Crippen molar-refractivity contribution in [3.05, 3.63) is 58.3 Å². The molecule has 4 heteroatoms. The van der Waals surface area contributed by atoms with Crippen molar-refractivity contribution in [1.82, 2.24) is 4.90 Å². The van der Waals surface area contributed by atoms with E-state index in [1.54, 1.807) is 0 Å². The number of carbonyl (C=O) groups excluding carboxylic acids is 1. The van der Waals surface area contributed by atoms with Crippen molar-refractivity contribution < 1.29 is 9.90 Å². The van der Waals surface area contributed by atoms with E-state index in [-0.39, 0.29) is 30.0 Å². The molecule has 2 aromatic rings. The zero-order chi connectivity index (χ0) is 15.9. The molecule has 2 aliphatic rings. The summed E-state index contributed by atoms with van der Waals surface area (Å²) in [6, 6.07) is 14.6. The first-order valence-electron chi connectivity index (χ1n) is 8.24. The Bertz CT molecular complexity index is 685. The van der Waals surface area contributed by atoms with Crippen LogP contribution in [-0.2, 0) is 6.42 Å². The molecular weight excluding hydrogens is 306 g/mol. The van der Waals surface area contributed by atoms with Gasteiger partial charge in [-0.1, -0.05) is 36.4 Å². The number of carbonyl (C=O) groups is 1. The minimum Gasteiger partial charge on any atom is -0.396 e. The van der Waals surface area contributed by atoms with E-state index >= 15 is 0 Å². The Labute approximate surface area is 140 Å². The average molecular weight is 327 g/mol. The Morgan fingerprint density at radius 3 is 2.74 bits per heavy atom. The van der Waals surface area contributed by atoms with Gasteiger partial charge in [0.1, 0.15) is 0 Å². The van der Waals surface area contributed by atoms with Crippen LogP contribution in [-0.4, -0.2) is 34.6 Å². The van der Waals surface area contributed by atoms with Gasteiger partial charge in [-0.3, -0.25) is 4.79 Å². The number of thiophene rings is 1. The molecule has 0 radical (unpaired) electrons. The highest BCUT2D eigenvalue weighted by Gasteiger charge is 2.57. The predicted octanol–water partition coefficient (Wildman–Crippen LogP) is 3.35. The molecule has 0 saturated carbocycles. The molecule has 2 saturated heterocycles. The van der Waals surface area contributed by atoms with Crippen molar-refractivity contribution in [1.29, 1.82) is 0 Å². The first-order chi connectivity index (χ1) is 11.2. The summed E-state index contributed by atoms with van der Waals surface area (Å²) in [5.74, 6) is 0.149. The Morgan fingerprint density at radius 2 is 2.04 bits per heavy atom. The van der Waals surface area contributed by atoms with Gasteiger partial charge < -0.3 is 10.0 Å². The molecule has 1 aromatic heterocycles. The van der Waals surface area contributed by atoms with Crippen molar-refractivity contribution in [2.75, 3.05) is 6.61 Å². The van der Waals surface area contributed by atoms with Crippen LogP contribution in [0.3, 0.4) is 0 Å². The third-order valence-corrected chi connectivity index (χ3v) is 6.39. The van der Waals surface area contributed by atoms with Crippen LogP contribution >= 0.6 is 11.3 Å². The largest absolute Gasteiger partial charge is 0.396 e. The molecule has 23 heavy (non-hydrogen) atoms. The minimum atomic E-state index is -0.183. The monoisotopic (exact) mass is 327 g/mol. The van der Waals surface area contributed by atoms with E-state index in [1.807, 2.05) is 35.7 Å². The summed E-state index contributed by atoms with van der Waals surface area (Å²) >= 11 is 1.51. The zero-order valence-electron chi connectivity index (χ0n) is 13.0. The summed E-state index contributed by atoms with van der Waals surface area (Å²) in [5.41, 5.74) is 1.06. The quantitative estimate of drug-likeness (QED) is 0.935. The first-order valence-corrected chi connectivity index (χ1v) is 9.12. The molecule has 3 atom stereocenters. The van der Waals surface area contributed by atoms with Gasteiger partial charge in [0.15, 0.2) is 0 Å². The molecule has 2 bridgehead atoms. The van der Waals surface area contributed by atoms with Gasteiger partial charge in [0.25, 0.3) is 5.91 Å². The average Bonchev–Trinajstić information content (AvgIpc) is 3.30. The molecule has 0 unspecified atom stereocenters. The maximum absolute atomic E-state index is 12.9. The lowest BCUT2D eigenvalue weighted by Gasteiger charge is -2.36. The molecule has 0 aliphatic carbocycles. The molecule has 2 fully saturated rings. The fraction of sp³-hybridized carbons (Fsp3) is 0.421. The van der Waals surface area contributed by atoms with Gasteiger partial charge in [-0.15, -0.1) is 11.3 Å². The lowest BCUT2D eigenvalue weighted by Crippen LogP contribution is -2.43. The van der Waals surface area contributed by atoms with Gasteiger partial charge in [-0.05, 0) is 42.7 Å². The Kier molecular flexibility index (Phi) is 3.74. The fourth-order valence-electron chi connectivity index (χ4n) is 4.54. The Morgan fingerprint density at radius 1 is 1.22 bits per heavy atom. The molecule has 2 aliphatic heterocycles. The van der Waals surface area contributed by atoms with E-state index in [4.69, 9.17) is 0 Å². The zero-order valence-corrected chi connectivity index (χ0v) is 13.8. The predicted molar refractivity (Wildman–Crippen MR) is 91.6 cm³/mol. The Balaban J connectivity index is 1.62. The molecule has 1 aromatic carbocycles. The lowest BCUT2D eigenvalue weighted by molar-refractivity contribution is 0.0575. The van der Waals surface area contributed by atoms with Crippen molar-refractivity contribution in [2.45, 2.75) is 37.8 Å². The number of fused-ring (bicyclic) bond motifs is 2. The van der Waals surface area contributed by atoms with Crippen LogP contribution in [0.1, 0.15) is 34.5 Å². The van der Waals surface area contributed by atoms with Gasteiger partial charge >= 0.3 is 0 Å². The van der Waals surface area contributed by atoms with E-state index in [2.05, 4.69) is 17.0 Å². The second-order valence-corrected chi connectivity index (χ2v) is 7.77. The lowest BCUT2D eigenvalue weighted by atomic mass is 9.70. The van der Waals surface area contributed by atoms with Crippen molar-refractivity contribution >= 4 is 17.2 Å². The molecule has 0 spiro atoms. The summed E-state index contributed by atoms with van der Waals surface area (Å²) < 4.78 is 0. The number of nitrogens with zero attached hydrogens (tertiary/aromatic N) is 1. The van der Waals surface area contributed by atoms with Gasteiger partial charge in [-0.2, -0.15) is 0 Å². The maximum Gasteiger partial charge on any atom is 0.264 e. The Hall–Kier alpha value is -1.65. The van der Waals surface area contributed by atoms with E-state index < -0.39 is 0 Å². The number of aliphatic hydroxyl groups excluding tert-OH is 1. The number of benzene rings is 1. The molecular formula is C19H21NO2S. The molecule has 1 N–H and O–H groups in total. The molecule has 4 rings (SSSR count). The van der Waals surface area contributed by atoms with Crippen LogP contribution in [0.2, 0.25) is 0 Å². The number of aliphatic hydroxyl groups is 1. The highest BCUT2D eigenvalue weighted by molar-refractivity contribution is 7.12. The number of hydrogen-bond acceptors (Lipinski definition) is 3. The van der Waals surface area contributed by atoms with Gasteiger partial charge in [0.05, 0.1) is 11.5 Å².